The van der Waals surface area contributed by atoms with Crippen LogP contribution in [0.3, 0.4) is 0 Å². The molecule has 0 bridgehead atoms. The van der Waals surface area contributed by atoms with Gasteiger partial charge < -0.3 is 32.4 Å². The van der Waals surface area contributed by atoms with Gasteiger partial charge in [-0.25, -0.2) is 4.79 Å². The monoisotopic (exact) mass is 657 g/mol. The Kier molecular flexibility index (Phi) is 17.1. The van der Waals surface area contributed by atoms with Crippen LogP contribution in [-0.4, -0.2) is 18.4 Å². The van der Waals surface area contributed by atoms with Gasteiger partial charge in [-0.3, -0.25) is 4.79 Å². The number of halogens is 1. The first-order valence-electron chi connectivity index (χ1n) is 15.3. The third-order valence-electron chi connectivity index (χ3n) is 7.17. The standard InChI is InChI=1S/C34H47N3O3S.BrH/c1-4-5-6-7-8-9-10-11-12-13-14-15-22-40-33-21-20-31(23-32(33)28(3)38)36-34(39)35-30-18-16-29(17-19-30)25-37-24-27(2)41-26-37;/h16-21,23-24,26H,4-15,22,25H2,1-3H3,(H-,35,36,39);1H. The molecule has 2 N–H and O–H groups in total. The molecule has 8 heteroatoms. The molecule has 0 radical (unpaired) electrons. The number of unbranched alkanes of at least 4 members (excludes halogenated alkanes) is 11. The number of aryl methyl sites for hydroxylation is 1. The van der Waals surface area contributed by atoms with Gasteiger partial charge in [0.05, 0.1) is 17.0 Å². The summed E-state index contributed by atoms with van der Waals surface area (Å²) in [7, 11) is 0. The van der Waals surface area contributed by atoms with E-state index in [0.29, 0.717) is 29.3 Å². The summed E-state index contributed by atoms with van der Waals surface area (Å²) < 4.78 is 8.10. The number of nitrogens with one attached hydrogen (secondary N) is 2. The maximum Gasteiger partial charge on any atom is 0.323 e. The molecular weight excluding hydrogens is 610 g/mol. The van der Waals surface area contributed by atoms with Gasteiger partial charge in [0, 0.05) is 16.9 Å². The minimum atomic E-state index is -0.361. The highest BCUT2D eigenvalue weighted by Gasteiger charge is 2.12. The molecule has 0 fully saturated rings. The number of Topliss-reactive ketones (excluding diaryl/α,β-unsaturated/α-hetero) is 1. The molecule has 2 amide bonds. The SMILES string of the molecule is CCCCCCCCCCCCCCOc1ccc(NC(=O)Nc2ccc(C[n+]3csc(C)c3)cc2)cc1C(C)=O.[Br-]. The van der Waals surface area contributed by atoms with Crippen molar-refractivity contribution in [3.8, 4) is 5.75 Å². The molecule has 0 saturated heterocycles. The zero-order chi connectivity index (χ0) is 29.3. The fraction of sp³-hybridized carbons (Fsp3) is 0.500. The predicted octanol–water partition coefficient (Wildman–Crippen LogP) is 6.32. The Morgan fingerprint density at radius 1 is 0.810 bits per heavy atom. The molecule has 1 heterocycles. The van der Waals surface area contributed by atoms with Crippen LogP contribution in [-0.2, 0) is 6.54 Å². The minimum absolute atomic E-state index is 0. The van der Waals surface area contributed by atoms with Crippen LogP contribution >= 0.6 is 11.3 Å². The molecule has 1 aromatic heterocycles. The van der Waals surface area contributed by atoms with Crippen molar-refractivity contribution in [1.82, 2.24) is 0 Å². The number of hydrogen-bond acceptors (Lipinski definition) is 4. The molecule has 6 nitrogen and oxygen atoms in total. The van der Waals surface area contributed by atoms with Crippen LogP contribution < -0.4 is 36.9 Å². The lowest BCUT2D eigenvalue weighted by Crippen LogP contribution is -3.00. The van der Waals surface area contributed by atoms with Gasteiger partial charge in [0.1, 0.15) is 5.75 Å². The van der Waals surface area contributed by atoms with E-state index < -0.39 is 0 Å². The van der Waals surface area contributed by atoms with Gasteiger partial charge in [0.25, 0.3) is 0 Å². The molecule has 0 aliphatic rings. The number of thiazole rings is 1. The van der Waals surface area contributed by atoms with E-state index in [-0.39, 0.29) is 28.8 Å². The van der Waals surface area contributed by atoms with E-state index in [0.717, 1.165) is 24.9 Å². The number of nitrogens with zero attached hydrogens (tertiary/aromatic N) is 1. The molecule has 0 atom stereocenters. The Bertz CT molecular complexity index is 1210. The normalized spacial score (nSPS) is 10.6. The highest BCUT2D eigenvalue weighted by molar-refractivity contribution is 7.09. The fourth-order valence-electron chi connectivity index (χ4n) is 4.86. The Morgan fingerprint density at radius 2 is 1.38 bits per heavy atom. The Labute approximate surface area is 267 Å². The molecular formula is C34H48BrN3O3S. The molecule has 42 heavy (non-hydrogen) atoms. The highest BCUT2D eigenvalue weighted by Crippen LogP contribution is 2.24. The van der Waals surface area contributed by atoms with Crippen molar-refractivity contribution in [1.29, 1.82) is 0 Å². The van der Waals surface area contributed by atoms with Gasteiger partial charge in [0.2, 0.25) is 5.51 Å². The number of rotatable bonds is 19. The Hall–Kier alpha value is -2.71. The lowest BCUT2D eigenvalue weighted by Gasteiger charge is -2.13. The van der Waals surface area contributed by atoms with Crippen LogP contribution in [0.5, 0.6) is 5.75 Å². The summed E-state index contributed by atoms with van der Waals surface area (Å²) in [5, 5.41) is 5.68. The zero-order valence-electron chi connectivity index (χ0n) is 25.6. The molecule has 230 valence electrons. The smallest absolute Gasteiger partial charge is 0.323 e. The zero-order valence-corrected chi connectivity index (χ0v) is 28.0. The summed E-state index contributed by atoms with van der Waals surface area (Å²) in [5.41, 5.74) is 4.98. The predicted molar refractivity (Wildman–Crippen MR) is 170 cm³/mol. The lowest BCUT2D eigenvalue weighted by atomic mass is 10.1. The fourth-order valence-corrected chi connectivity index (χ4v) is 5.49. The second-order valence-electron chi connectivity index (χ2n) is 10.9. The lowest BCUT2D eigenvalue weighted by molar-refractivity contribution is -0.683. The van der Waals surface area contributed by atoms with E-state index >= 15 is 0 Å². The number of anilines is 2. The molecule has 3 aromatic rings. The number of carbonyl (C=O) groups excluding carboxylic acids is 2. The van der Waals surface area contributed by atoms with E-state index in [1.165, 1.54) is 76.0 Å². The van der Waals surface area contributed by atoms with Crippen LogP contribution in [0.2, 0.25) is 0 Å². The first kappa shape index (κ1) is 35.5. The maximum atomic E-state index is 12.6. The van der Waals surface area contributed by atoms with Crippen LogP contribution in [0.25, 0.3) is 0 Å². The highest BCUT2D eigenvalue weighted by atomic mass is 79.9. The van der Waals surface area contributed by atoms with Gasteiger partial charge in [-0.15, -0.1) is 0 Å². The van der Waals surface area contributed by atoms with E-state index in [2.05, 4.69) is 40.8 Å². The molecule has 3 rings (SSSR count). The van der Waals surface area contributed by atoms with Gasteiger partial charge in [-0.1, -0.05) is 101 Å². The topological polar surface area (TPSA) is 71.3 Å². The number of aromatic nitrogens is 1. The molecule has 0 aliphatic carbocycles. The van der Waals surface area contributed by atoms with E-state index in [9.17, 15) is 9.59 Å². The quantitative estimate of drug-likeness (QED) is 0.0900. The van der Waals surface area contributed by atoms with E-state index in [1.807, 2.05) is 24.3 Å². The molecule has 2 aromatic carbocycles. The summed E-state index contributed by atoms with van der Waals surface area (Å²) in [5.74, 6) is 0.480. The van der Waals surface area contributed by atoms with E-state index in [1.54, 1.807) is 29.5 Å². The number of carbonyl (C=O) groups is 2. The van der Waals surface area contributed by atoms with Gasteiger partial charge in [-0.05, 0) is 50.6 Å². The number of urea groups is 1. The molecule has 0 unspecified atom stereocenters. The number of ether oxygens (including phenoxy) is 1. The van der Waals surface area contributed by atoms with Crippen molar-refractivity contribution in [3.05, 3.63) is 70.2 Å². The van der Waals surface area contributed by atoms with Crippen molar-refractivity contribution in [3.63, 3.8) is 0 Å². The van der Waals surface area contributed by atoms with Crippen LogP contribution in [0.15, 0.2) is 54.2 Å². The van der Waals surface area contributed by atoms with Crippen LogP contribution in [0.1, 0.15) is 112 Å². The van der Waals surface area contributed by atoms with Gasteiger partial charge >= 0.3 is 6.03 Å². The maximum absolute atomic E-state index is 12.6. The van der Waals surface area contributed by atoms with Gasteiger partial charge in [-0.2, -0.15) is 4.57 Å². The number of amides is 2. The summed E-state index contributed by atoms with van der Waals surface area (Å²) in [6.07, 6.45) is 17.6. The number of benzene rings is 2. The second kappa shape index (κ2) is 20.2. The van der Waals surface area contributed by atoms with Crippen LogP contribution in [0, 0.1) is 6.92 Å². The first-order chi connectivity index (χ1) is 19.9. The number of hydrogen-bond donors (Lipinski definition) is 2. The Balaban J connectivity index is 0.00000616. The number of ketones is 1. The first-order valence-corrected chi connectivity index (χ1v) is 16.2. The van der Waals surface area contributed by atoms with Crippen molar-refractivity contribution < 1.29 is 35.9 Å². The largest absolute Gasteiger partial charge is 1.00 e. The molecule has 0 aliphatic heterocycles. The van der Waals surface area contributed by atoms with Crippen molar-refractivity contribution >= 4 is 34.5 Å². The third kappa shape index (κ3) is 13.5. The Morgan fingerprint density at radius 3 is 1.95 bits per heavy atom. The third-order valence-corrected chi connectivity index (χ3v) is 8.02. The van der Waals surface area contributed by atoms with Gasteiger partial charge in [0.15, 0.2) is 18.5 Å². The van der Waals surface area contributed by atoms with E-state index in [4.69, 9.17) is 4.74 Å². The average Bonchev–Trinajstić information content (AvgIpc) is 3.37. The second-order valence-corrected chi connectivity index (χ2v) is 12.0. The summed E-state index contributed by atoms with van der Waals surface area (Å²) in [4.78, 5) is 26.1. The van der Waals surface area contributed by atoms with Crippen molar-refractivity contribution in [2.24, 2.45) is 0 Å². The molecule has 0 saturated carbocycles. The summed E-state index contributed by atoms with van der Waals surface area (Å²) in [6, 6.07) is 12.7. The molecule has 0 spiro atoms. The summed E-state index contributed by atoms with van der Waals surface area (Å²) in [6.45, 7) is 7.25. The average molecular weight is 659 g/mol. The van der Waals surface area contributed by atoms with Crippen molar-refractivity contribution in [2.45, 2.75) is 104 Å². The summed E-state index contributed by atoms with van der Waals surface area (Å²) >= 11 is 1.72. The van der Waals surface area contributed by atoms with Crippen LogP contribution in [0.4, 0.5) is 16.2 Å². The van der Waals surface area contributed by atoms with Crippen molar-refractivity contribution in [2.75, 3.05) is 17.2 Å². The minimum Gasteiger partial charge on any atom is -1.00 e.